The quantitative estimate of drug-likeness (QED) is 0.630. The van der Waals surface area contributed by atoms with Gasteiger partial charge in [0.05, 0.1) is 0 Å². The number of hydrogen-bond donors (Lipinski definition) is 1. The third-order valence-electron chi connectivity index (χ3n) is 1.31. The minimum Gasteiger partial charge on any atom is -0.438 e. The molecule has 0 amide bonds. The molecule has 0 aliphatic heterocycles. The zero-order valence-electron chi connectivity index (χ0n) is 5.82. The minimum absolute atomic E-state index is 0.374. The Morgan fingerprint density at radius 1 is 1.30 bits per heavy atom. The molecule has 0 aliphatic rings. The van der Waals surface area contributed by atoms with Gasteiger partial charge in [-0.1, -0.05) is 30.3 Å². The summed E-state index contributed by atoms with van der Waals surface area (Å²) in [6.07, 6.45) is 1.51. The lowest BCUT2D eigenvalue weighted by atomic mass is 9.87. The Bertz CT molecular complexity index is 190. The van der Waals surface area contributed by atoms with E-state index in [1.165, 1.54) is 11.6 Å². The smallest absolute Gasteiger partial charge is 0.393 e. The molecule has 3 heteroatoms. The first-order valence-corrected chi connectivity index (χ1v) is 4.39. The molecular weight excluding hydrogens is 143 g/mol. The van der Waals surface area contributed by atoms with Gasteiger partial charge in [-0.2, -0.15) is 11.6 Å². The van der Waals surface area contributed by atoms with Crippen molar-refractivity contribution in [1.29, 1.82) is 0 Å². The summed E-state index contributed by atoms with van der Waals surface area (Å²) in [5.41, 5.74) is 0.968. The Balaban J connectivity index is 2.75. The molecule has 0 spiro atoms. The molecule has 0 atom stereocenters. The van der Waals surface area contributed by atoms with E-state index in [1.807, 2.05) is 36.6 Å². The second kappa shape index (κ2) is 3.69. The molecule has 0 heterocycles. The van der Waals surface area contributed by atoms with Crippen molar-refractivity contribution in [3.63, 3.8) is 0 Å². The maximum absolute atomic E-state index is 9.29. The predicted octanol–water partition coefficient (Wildman–Crippen LogP) is 0.737. The Hall–Kier alpha value is -0.405. The van der Waals surface area contributed by atoms with Crippen molar-refractivity contribution in [2.75, 3.05) is 6.26 Å². The molecule has 0 saturated heterocycles. The highest BCUT2D eigenvalue weighted by molar-refractivity contribution is 8.25. The van der Waals surface area contributed by atoms with Crippen LogP contribution in [0.1, 0.15) is 0 Å². The van der Waals surface area contributed by atoms with Gasteiger partial charge in [0.25, 0.3) is 0 Å². The van der Waals surface area contributed by atoms with Gasteiger partial charge in [0.15, 0.2) is 0 Å². The Morgan fingerprint density at radius 3 is 2.40 bits per heavy atom. The maximum atomic E-state index is 9.29. The fraction of sp³-hybridized carbons (Fsp3) is 0.143. The normalized spacial score (nSPS) is 9.40. The van der Waals surface area contributed by atoms with E-state index >= 15 is 0 Å². The first-order valence-electron chi connectivity index (χ1n) is 3.10. The SMILES string of the molecule is CSB(O)c1ccccc1. The maximum Gasteiger partial charge on any atom is 0.393 e. The van der Waals surface area contributed by atoms with E-state index in [1.54, 1.807) is 0 Å². The Morgan fingerprint density at radius 2 is 1.90 bits per heavy atom. The van der Waals surface area contributed by atoms with Gasteiger partial charge in [-0.15, -0.1) is 0 Å². The topological polar surface area (TPSA) is 20.2 Å². The Labute approximate surface area is 65.5 Å². The van der Waals surface area contributed by atoms with Gasteiger partial charge in [0.2, 0.25) is 0 Å². The molecular formula is C7H9BOS. The van der Waals surface area contributed by atoms with E-state index in [9.17, 15) is 5.02 Å². The fourth-order valence-corrected chi connectivity index (χ4v) is 1.18. The summed E-state index contributed by atoms with van der Waals surface area (Å²) in [6.45, 7) is 0. The second-order valence-electron chi connectivity index (χ2n) is 2.00. The molecule has 1 nitrogen and oxygen atoms in total. The molecule has 0 aromatic heterocycles. The van der Waals surface area contributed by atoms with Crippen molar-refractivity contribution in [3.8, 4) is 0 Å². The zero-order chi connectivity index (χ0) is 7.40. The number of rotatable bonds is 2. The highest BCUT2D eigenvalue weighted by Crippen LogP contribution is 1.97. The third kappa shape index (κ3) is 1.79. The van der Waals surface area contributed by atoms with Crippen LogP contribution in [0.5, 0.6) is 0 Å². The van der Waals surface area contributed by atoms with Gasteiger partial charge in [-0.25, -0.2) is 0 Å². The van der Waals surface area contributed by atoms with Crippen molar-refractivity contribution in [2.24, 2.45) is 0 Å². The molecule has 1 aromatic rings. The summed E-state index contributed by atoms with van der Waals surface area (Å²) in [5, 5.41) is 9.29. The van der Waals surface area contributed by atoms with Crippen LogP contribution in [0.4, 0.5) is 0 Å². The van der Waals surface area contributed by atoms with Gasteiger partial charge < -0.3 is 5.02 Å². The molecule has 10 heavy (non-hydrogen) atoms. The van der Waals surface area contributed by atoms with E-state index in [2.05, 4.69) is 0 Å². The molecule has 0 aliphatic carbocycles. The first kappa shape index (κ1) is 7.70. The standard InChI is InChI=1S/C7H9BOS/c1-10-8(9)7-5-3-2-4-6-7/h2-6,9H,1H3. The molecule has 0 unspecified atom stereocenters. The van der Waals surface area contributed by atoms with Crippen LogP contribution in [-0.2, 0) is 0 Å². The molecule has 1 rings (SSSR count). The van der Waals surface area contributed by atoms with Crippen LogP contribution in [0.3, 0.4) is 0 Å². The van der Waals surface area contributed by atoms with E-state index < -0.39 is 0 Å². The van der Waals surface area contributed by atoms with Crippen molar-refractivity contribution in [3.05, 3.63) is 30.3 Å². The third-order valence-corrected chi connectivity index (χ3v) is 2.03. The van der Waals surface area contributed by atoms with E-state index in [4.69, 9.17) is 0 Å². The summed E-state index contributed by atoms with van der Waals surface area (Å²) in [4.78, 5) is 0. The van der Waals surface area contributed by atoms with Gasteiger partial charge >= 0.3 is 6.19 Å². The molecule has 52 valence electrons. The van der Waals surface area contributed by atoms with Crippen LogP contribution < -0.4 is 5.46 Å². The van der Waals surface area contributed by atoms with Crippen molar-refractivity contribution >= 4 is 23.3 Å². The van der Waals surface area contributed by atoms with E-state index in [0.717, 1.165) is 5.46 Å². The Kier molecular flexibility index (Phi) is 2.84. The molecule has 0 bridgehead atoms. The lowest BCUT2D eigenvalue weighted by Crippen LogP contribution is -2.25. The molecule has 1 aromatic carbocycles. The largest absolute Gasteiger partial charge is 0.438 e. The summed E-state index contributed by atoms with van der Waals surface area (Å²) in [7, 11) is 0. The van der Waals surface area contributed by atoms with Gasteiger partial charge in [0.1, 0.15) is 0 Å². The van der Waals surface area contributed by atoms with Crippen LogP contribution >= 0.6 is 11.6 Å². The van der Waals surface area contributed by atoms with Crippen LogP contribution in [0.2, 0.25) is 0 Å². The summed E-state index contributed by atoms with van der Waals surface area (Å²) in [5.74, 6) is 0. The fourth-order valence-electron chi connectivity index (χ4n) is 0.754. The average molecular weight is 152 g/mol. The first-order chi connectivity index (χ1) is 4.84. The van der Waals surface area contributed by atoms with Gasteiger partial charge in [-0.05, 0) is 11.7 Å². The molecule has 0 fully saturated rings. The van der Waals surface area contributed by atoms with Gasteiger partial charge in [-0.3, -0.25) is 0 Å². The zero-order valence-corrected chi connectivity index (χ0v) is 6.64. The summed E-state index contributed by atoms with van der Waals surface area (Å²) < 4.78 is 0. The summed E-state index contributed by atoms with van der Waals surface area (Å²) >= 11 is 1.43. The van der Waals surface area contributed by atoms with Gasteiger partial charge in [0, 0.05) is 0 Å². The monoisotopic (exact) mass is 152 g/mol. The van der Waals surface area contributed by atoms with E-state index in [0.29, 0.717) is 0 Å². The lowest BCUT2D eigenvalue weighted by Gasteiger charge is -2.00. The van der Waals surface area contributed by atoms with Crippen LogP contribution in [-0.4, -0.2) is 17.5 Å². The highest BCUT2D eigenvalue weighted by Gasteiger charge is 2.09. The van der Waals surface area contributed by atoms with E-state index in [-0.39, 0.29) is 6.19 Å². The molecule has 1 N–H and O–H groups in total. The molecule has 0 saturated carbocycles. The predicted molar refractivity (Wildman–Crippen MR) is 47.6 cm³/mol. The average Bonchev–Trinajstić information content (AvgIpc) is 2.05. The number of hydrogen-bond acceptors (Lipinski definition) is 2. The summed E-state index contributed by atoms with van der Waals surface area (Å²) in [6, 6.07) is 9.63. The van der Waals surface area contributed by atoms with Crippen molar-refractivity contribution < 1.29 is 5.02 Å². The van der Waals surface area contributed by atoms with Crippen LogP contribution in [0.15, 0.2) is 30.3 Å². The van der Waals surface area contributed by atoms with Crippen LogP contribution in [0.25, 0.3) is 0 Å². The van der Waals surface area contributed by atoms with Crippen molar-refractivity contribution in [1.82, 2.24) is 0 Å². The second-order valence-corrected chi connectivity index (χ2v) is 2.92. The highest BCUT2D eigenvalue weighted by atomic mass is 32.2. The molecule has 0 radical (unpaired) electrons. The van der Waals surface area contributed by atoms with Crippen molar-refractivity contribution in [2.45, 2.75) is 0 Å². The number of benzene rings is 1. The lowest BCUT2D eigenvalue weighted by molar-refractivity contribution is 0.609. The minimum atomic E-state index is -0.374. The van der Waals surface area contributed by atoms with Crippen LogP contribution in [0, 0.1) is 0 Å².